The fourth-order valence-electron chi connectivity index (χ4n) is 2.13. The number of anilines is 1. The van der Waals surface area contributed by atoms with E-state index >= 15 is 0 Å². The molecular weight excluding hydrogens is 276 g/mol. The maximum Gasteiger partial charge on any atom is 0.319 e. The van der Waals surface area contributed by atoms with Crippen molar-refractivity contribution in [1.29, 1.82) is 0 Å². The maximum atomic E-state index is 11.9. The number of carbonyl (C=O) groups excluding carboxylic acids is 1. The molecule has 0 spiro atoms. The number of urea groups is 1. The van der Waals surface area contributed by atoms with E-state index in [1.807, 2.05) is 60.7 Å². The first-order valence-electron chi connectivity index (χ1n) is 7.00. The second kappa shape index (κ2) is 6.58. The first-order chi connectivity index (χ1) is 10.8. The number of aromatic nitrogens is 2. The summed E-state index contributed by atoms with van der Waals surface area (Å²) in [5.74, 6) is 0. The molecule has 3 N–H and O–H groups in total. The number of nitrogens with zero attached hydrogens (tertiary/aromatic N) is 1. The van der Waals surface area contributed by atoms with Crippen molar-refractivity contribution in [2.24, 2.45) is 0 Å². The summed E-state index contributed by atoms with van der Waals surface area (Å²) in [6.45, 7) is 0.493. The van der Waals surface area contributed by atoms with Crippen molar-refractivity contribution >= 4 is 11.7 Å². The molecule has 1 aromatic heterocycles. The van der Waals surface area contributed by atoms with E-state index in [0.29, 0.717) is 6.54 Å². The van der Waals surface area contributed by atoms with E-state index < -0.39 is 0 Å². The fraction of sp³-hybridized carbons (Fsp3) is 0.0588. The third-order valence-corrected chi connectivity index (χ3v) is 3.23. The van der Waals surface area contributed by atoms with Crippen molar-refractivity contribution in [2.75, 3.05) is 5.32 Å². The van der Waals surface area contributed by atoms with E-state index in [0.717, 1.165) is 22.5 Å². The minimum atomic E-state index is -0.231. The van der Waals surface area contributed by atoms with E-state index in [4.69, 9.17) is 0 Å². The van der Waals surface area contributed by atoms with Gasteiger partial charge in [-0.2, -0.15) is 5.10 Å². The van der Waals surface area contributed by atoms with Crippen molar-refractivity contribution < 1.29 is 4.79 Å². The molecule has 0 fully saturated rings. The van der Waals surface area contributed by atoms with E-state index in [9.17, 15) is 4.79 Å². The quantitative estimate of drug-likeness (QED) is 0.689. The molecule has 0 aliphatic heterocycles. The minimum absolute atomic E-state index is 0.231. The summed E-state index contributed by atoms with van der Waals surface area (Å²) in [4.78, 5) is 11.9. The summed E-state index contributed by atoms with van der Waals surface area (Å²) < 4.78 is 0. The zero-order valence-electron chi connectivity index (χ0n) is 11.9. The molecule has 0 saturated heterocycles. The van der Waals surface area contributed by atoms with Crippen LogP contribution in [-0.4, -0.2) is 16.2 Å². The number of hydrogen-bond donors (Lipinski definition) is 3. The van der Waals surface area contributed by atoms with Gasteiger partial charge < -0.3 is 10.6 Å². The maximum absolute atomic E-state index is 11.9. The number of nitrogens with one attached hydrogen (secondary N) is 3. The summed E-state index contributed by atoms with van der Waals surface area (Å²) in [6.07, 6.45) is 1.70. The average Bonchev–Trinajstić information content (AvgIpc) is 3.09. The molecule has 1 heterocycles. The van der Waals surface area contributed by atoms with Gasteiger partial charge in [0.05, 0.1) is 5.69 Å². The van der Waals surface area contributed by atoms with Crippen LogP contribution in [0.4, 0.5) is 10.5 Å². The van der Waals surface area contributed by atoms with Gasteiger partial charge in [-0.05, 0) is 23.8 Å². The standard InChI is InChI=1S/C17H16N4O/c22-17(18-12-13-5-2-1-3-6-13)20-15-8-4-7-14(11-15)16-9-10-19-21-16/h1-11H,12H2,(H,19,21)(H2,18,20,22). The molecule has 110 valence electrons. The first-order valence-corrected chi connectivity index (χ1v) is 7.00. The van der Waals surface area contributed by atoms with Gasteiger partial charge in [-0.3, -0.25) is 5.10 Å². The highest BCUT2D eigenvalue weighted by Gasteiger charge is 2.04. The van der Waals surface area contributed by atoms with E-state index in [-0.39, 0.29) is 6.03 Å². The van der Waals surface area contributed by atoms with Crippen LogP contribution in [0.3, 0.4) is 0 Å². The van der Waals surface area contributed by atoms with Crippen LogP contribution in [0.5, 0.6) is 0 Å². The second-order valence-corrected chi connectivity index (χ2v) is 4.84. The fourth-order valence-corrected chi connectivity index (χ4v) is 2.13. The highest BCUT2D eigenvalue weighted by atomic mass is 16.2. The van der Waals surface area contributed by atoms with Crippen LogP contribution in [0.15, 0.2) is 66.9 Å². The molecule has 3 aromatic rings. The Morgan fingerprint density at radius 2 is 1.91 bits per heavy atom. The molecule has 2 aromatic carbocycles. The number of amides is 2. The highest BCUT2D eigenvalue weighted by molar-refractivity contribution is 5.89. The van der Waals surface area contributed by atoms with Crippen molar-refractivity contribution in [3.05, 3.63) is 72.4 Å². The Balaban J connectivity index is 1.61. The number of carbonyl (C=O) groups is 1. The largest absolute Gasteiger partial charge is 0.334 e. The van der Waals surface area contributed by atoms with Crippen molar-refractivity contribution in [3.63, 3.8) is 0 Å². The number of rotatable bonds is 4. The minimum Gasteiger partial charge on any atom is -0.334 e. The molecule has 0 atom stereocenters. The number of aromatic amines is 1. The molecule has 2 amide bonds. The summed E-state index contributed by atoms with van der Waals surface area (Å²) in [5.41, 5.74) is 3.67. The zero-order chi connectivity index (χ0) is 15.2. The molecule has 5 nitrogen and oxygen atoms in total. The summed E-state index contributed by atoms with van der Waals surface area (Å²) in [6, 6.07) is 19.0. The molecule has 0 aliphatic carbocycles. The predicted molar refractivity (Wildman–Crippen MR) is 86.3 cm³/mol. The Hall–Kier alpha value is -3.08. The molecule has 0 aliphatic rings. The number of hydrogen-bond acceptors (Lipinski definition) is 2. The van der Waals surface area contributed by atoms with Gasteiger partial charge in [0.25, 0.3) is 0 Å². The molecule has 22 heavy (non-hydrogen) atoms. The van der Waals surface area contributed by atoms with Crippen LogP contribution in [0.1, 0.15) is 5.56 Å². The van der Waals surface area contributed by atoms with Gasteiger partial charge in [-0.1, -0.05) is 42.5 Å². The molecule has 3 rings (SSSR count). The average molecular weight is 292 g/mol. The monoisotopic (exact) mass is 292 g/mol. The Morgan fingerprint density at radius 1 is 1.05 bits per heavy atom. The first kappa shape index (κ1) is 13.9. The van der Waals surface area contributed by atoms with Crippen molar-refractivity contribution in [2.45, 2.75) is 6.54 Å². The lowest BCUT2D eigenvalue weighted by Gasteiger charge is -2.08. The van der Waals surface area contributed by atoms with Crippen LogP contribution in [0.2, 0.25) is 0 Å². The summed E-state index contributed by atoms with van der Waals surface area (Å²) in [7, 11) is 0. The lowest BCUT2D eigenvalue weighted by molar-refractivity contribution is 0.251. The van der Waals surface area contributed by atoms with Gasteiger partial charge in [-0.15, -0.1) is 0 Å². The summed E-state index contributed by atoms with van der Waals surface area (Å²) in [5, 5.41) is 12.5. The third-order valence-electron chi connectivity index (χ3n) is 3.23. The van der Waals surface area contributed by atoms with Gasteiger partial charge in [0.1, 0.15) is 0 Å². The van der Waals surface area contributed by atoms with Crippen LogP contribution in [0, 0.1) is 0 Å². The van der Waals surface area contributed by atoms with Crippen molar-refractivity contribution in [1.82, 2.24) is 15.5 Å². The van der Waals surface area contributed by atoms with E-state index in [2.05, 4.69) is 20.8 Å². The molecule has 5 heteroatoms. The van der Waals surface area contributed by atoms with Crippen molar-refractivity contribution in [3.8, 4) is 11.3 Å². The Morgan fingerprint density at radius 3 is 2.68 bits per heavy atom. The van der Waals surface area contributed by atoms with E-state index in [1.54, 1.807) is 6.20 Å². The van der Waals surface area contributed by atoms with Crippen LogP contribution < -0.4 is 10.6 Å². The van der Waals surface area contributed by atoms with E-state index in [1.165, 1.54) is 0 Å². The molecule has 0 radical (unpaired) electrons. The number of H-pyrrole nitrogens is 1. The molecule has 0 saturated carbocycles. The topological polar surface area (TPSA) is 69.8 Å². The van der Waals surface area contributed by atoms with Gasteiger partial charge in [0, 0.05) is 24.0 Å². The third kappa shape index (κ3) is 3.52. The second-order valence-electron chi connectivity index (χ2n) is 4.84. The Labute approximate surface area is 128 Å². The molecule has 0 bridgehead atoms. The van der Waals surface area contributed by atoms with Gasteiger partial charge in [0.15, 0.2) is 0 Å². The SMILES string of the molecule is O=C(NCc1ccccc1)Nc1cccc(-c2ccn[nH]2)c1. The smallest absolute Gasteiger partial charge is 0.319 e. The van der Waals surface area contributed by atoms with Gasteiger partial charge >= 0.3 is 6.03 Å². The zero-order valence-corrected chi connectivity index (χ0v) is 11.9. The van der Waals surface area contributed by atoms with Gasteiger partial charge in [-0.25, -0.2) is 4.79 Å². The highest BCUT2D eigenvalue weighted by Crippen LogP contribution is 2.20. The van der Waals surface area contributed by atoms with Crippen LogP contribution in [0.25, 0.3) is 11.3 Å². The molecule has 0 unspecified atom stereocenters. The Bertz CT molecular complexity index is 738. The van der Waals surface area contributed by atoms with Crippen LogP contribution in [-0.2, 0) is 6.54 Å². The predicted octanol–water partition coefficient (Wildman–Crippen LogP) is 3.40. The lowest BCUT2D eigenvalue weighted by atomic mass is 10.1. The lowest BCUT2D eigenvalue weighted by Crippen LogP contribution is -2.28. The normalized spacial score (nSPS) is 10.2. The molecular formula is C17H16N4O. The summed E-state index contributed by atoms with van der Waals surface area (Å²) >= 11 is 0. The van der Waals surface area contributed by atoms with Gasteiger partial charge in [0.2, 0.25) is 0 Å². The van der Waals surface area contributed by atoms with Crippen LogP contribution >= 0.6 is 0 Å². The Kier molecular flexibility index (Phi) is 4.15. The number of benzene rings is 2.